The SMILES string of the molecule is Cc1ncsc1CNC(C)CCC(=O)O. The normalized spacial score (nSPS) is 12.7. The van der Waals surface area contributed by atoms with Crippen molar-refractivity contribution in [1.82, 2.24) is 10.3 Å². The molecule has 0 saturated heterocycles. The molecule has 1 rings (SSSR count). The molecular formula is C10H16N2O2S. The number of thiazole rings is 1. The van der Waals surface area contributed by atoms with Gasteiger partial charge in [0.2, 0.25) is 0 Å². The molecule has 0 fully saturated rings. The van der Waals surface area contributed by atoms with Crippen LogP contribution in [0.25, 0.3) is 0 Å². The summed E-state index contributed by atoms with van der Waals surface area (Å²) in [6.07, 6.45) is 0.878. The topological polar surface area (TPSA) is 62.2 Å². The number of nitrogens with one attached hydrogen (secondary N) is 1. The third kappa shape index (κ3) is 4.40. The Morgan fingerprint density at radius 3 is 3.00 bits per heavy atom. The number of nitrogens with zero attached hydrogens (tertiary/aromatic N) is 1. The van der Waals surface area contributed by atoms with Gasteiger partial charge < -0.3 is 10.4 Å². The summed E-state index contributed by atoms with van der Waals surface area (Å²) in [6, 6.07) is 0.225. The Bertz CT molecular complexity index is 325. The fourth-order valence-corrected chi connectivity index (χ4v) is 1.93. The van der Waals surface area contributed by atoms with Gasteiger partial charge in [-0.25, -0.2) is 4.98 Å². The van der Waals surface area contributed by atoms with E-state index in [9.17, 15) is 4.79 Å². The Labute approximate surface area is 93.4 Å². The molecule has 0 aliphatic heterocycles. The number of rotatable bonds is 6. The Hall–Kier alpha value is -0.940. The lowest BCUT2D eigenvalue weighted by molar-refractivity contribution is -0.137. The fourth-order valence-electron chi connectivity index (χ4n) is 1.20. The Morgan fingerprint density at radius 1 is 1.73 bits per heavy atom. The molecule has 0 aliphatic carbocycles. The summed E-state index contributed by atoms with van der Waals surface area (Å²) in [7, 11) is 0. The Morgan fingerprint density at radius 2 is 2.47 bits per heavy atom. The van der Waals surface area contributed by atoms with Crippen molar-refractivity contribution in [2.24, 2.45) is 0 Å². The molecule has 0 amide bonds. The van der Waals surface area contributed by atoms with Gasteiger partial charge in [0.05, 0.1) is 11.2 Å². The summed E-state index contributed by atoms with van der Waals surface area (Å²) in [5.41, 5.74) is 2.88. The van der Waals surface area contributed by atoms with E-state index in [1.165, 1.54) is 4.88 Å². The van der Waals surface area contributed by atoms with E-state index in [0.717, 1.165) is 12.2 Å². The highest BCUT2D eigenvalue weighted by Crippen LogP contribution is 2.11. The van der Waals surface area contributed by atoms with Crippen LogP contribution in [0.4, 0.5) is 0 Å². The summed E-state index contributed by atoms with van der Waals surface area (Å²) < 4.78 is 0. The predicted molar refractivity (Wildman–Crippen MR) is 60.0 cm³/mol. The van der Waals surface area contributed by atoms with Gasteiger partial charge in [0.25, 0.3) is 0 Å². The van der Waals surface area contributed by atoms with Gasteiger partial charge in [0.1, 0.15) is 0 Å². The van der Waals surface area contributed by atoms with Crippen molar-refractivity contribution in [2.75, 3.05) is 0 Å². The van der Waals surface area contributed by atoms with E-state index in [2.05, 4.69) is 10.3 Å². The zero-order valence-electron chi connectivity index (χ0n) is 8.99. The lowest BCUT2D eigenvalue weighted by atomic mass is 10.2. The van der Waals surface area contributed by atoms with Crippen molar-refractivity contribution in [1.29, 1.82) is 0 Å². The van der Waals surface area contributed by atoms with Crippen LogP contribution < -0.4 is 5.32 Å². The first-order chi connectivity index (χ1) is 7.09. The summed E-state index contributed by atoms with van der Waals surface area (Å²) >= 11 is 1.63. The van der Waals surface area contributed by atoms with Gasteiger partial charge in [-0.1, -0.05) is 0 Å². The zero-order valence-corrected chi connectivity index (χ0v) is 9.80. The van der Waals surface area contributed by atoms with E-state index in [0.29, 0.717) is 6.42 Å². The summed E-state index contributed by atoms with van der Waals surface area (Å²) in [6.45, 7) is 4.76. The van der Waals surface area contributed by atoms with Crippen LogP contribution in [0.15, 0.2) is 5.51 Å². The molecule has 0 saturated carbocycles. The van der Waals surface area contributed by atoms with Gasteiger partial charge in [0.15, 0.2) is 0 Å². The molecule has 1 unspecified atom stereocenters. The minimum atomic E-state index is -0.738. The number of carbonyl (C=O) groups is 1. The van der Waals surface area contributed by atoms with Crippen LogP contribution in [-0.2, 0) is 11.3 Å². The number of hydrogen-bond acceptors (Lipinski definition) is 4. The zero-order chi connectivity index (χ0) is 11.3. The highest BCUT2D eigenvalue weighted by Gasteiger charge is 2.06. The van der Waals surface area contributed by atoms with Gasteiger partial charge >= 0.3 is 5.97 Å². The van der Waals surface area contributed by atoms with Gasteiger partial charge in [-0.2, -0.15) is 0 Å². The average molecular weight is 228 g/mol. The maximum Gasteiger partial charge on any atom is 0.303 e. The third-order valence-corrected chi connectivity index (χ3v) is 3.18. The smallest absolute Gasteiger partial charge is 0.303 e. The highest BCUT2D eigenvalue weighted by atomic mass is 32.1. The van der Waals surface area contributed by atoms with Gasteiger partial charge in [-0.15, -0.1) is 11.3 Å². The van der Waals surface area contributed by atoms with Crippen molar-refractivity contribution in [3.8, 4) is 0 Å². The second-order valence-electron chi connectivity index (χ2n) is 3.58. The second-order valence-corrected chi connectivity index (χ2v) is 4.51. The molecule has 0 aromatic carbocycles. The lowest BCUT2D eigenvalue weighted by Crippen LogP contribution is -2.26. The molecule has 15 heavy (non-hydrogen) atoms. The average Bonchev–Trinajstić information content (AvgIpc) is 2.58. The number of aryl methyl sites for hydroxylation is 1. The quantitative estimate of drug-likeness (QED) is 0.779. The van der Waals surface area contributed by atoms with E-state index in [1.807, 2.05) is 19.4 Å². The highest BCUT2D eigenvalue weighted by molar-refractivity contribution is 7.09. The molecule has 0 spiro atoms. The number of carboxylic acids is 1. The number of aliphatic carboxylic acids is 1. The van der Waals surface area contributed by atoms with Crippen molar-refractivity contribution in [3.63, 3.8) is 0 Å². The molecular weight excluding hydrogens is 212 g/mol. The van der Waals surface area contributed by atoms with Crippen molar-refractivity contribution in [2.45, 2.75) is 39.3 Å². The molecule has 1 aromatic rings. The summed E-state index contributed by atoms with van der Waals surface area (Å²) in [5, 5.41) is 11.8. The molecule has 4 nitrogen and oxygen atoms in total. The van der Waals surface area contributed by atoms with Gasteiger partial charge in [-0.3, -0.25) is 4.79 Å². The van der Waals surface area contributed by atoms with Crippen LogP contribution in [0.3, 0.4) is 0 Å². The second kappa shape index (κ2) is 5.82. The molecule has 0 aliphatic rings. The van der Waals surface area contributed by atoms with Crippen LogP contribution in [0.5, 0.6) is 0 Å². The lowest BCUT2D eigenvalue weighted by Gasteiger charge is -2.11. The minimum Gasteiger partial charge on any atom is -0.481 e. The standard InChI is InChI=1S/C10H16N2O2S/c1-7(3-4-10(13)14)11-5-9-8(2)12-6-15-9/h6-7,11H,3-5H2,1-2H3,(H,13,14). The third-order valence-electron chi connectivity index (χ3n) is 2.25. The van der Waals surface area contributed by atoms with Crippen LogP contribution >= 0.6 is 11.3 Å². The van der Waals surface area contributed by atoms with E-state index in [-0.39, 0.29) is 12.5 Å². The Balaban J connectivity index is 2.25. The van der Waals surface area contributed by atoms with Crippen molar-refractivity contribution >= 4 is 17.3 Å². The Kier molecular flexibility index (Phi) is 4.71. The van der Waals surface area contributed by atoms with Gasteiger partial charge in [-0.05, 0) is 20.3 Å². The predicted octanol–water partition coefficient (Wildman–Crippen LogP) is 1.79. The monoisotopic (exact) mass is 228 g/mol. The molecule has 1 heterocycles. The largest absolute Gasteiger partial charge is 0.481 e. The molecule has 1 aromatic heterocycles. The maximum atomic E-state index is 10.4. The van der Waals surface area contributed by atoms with Gasteiger partial charge in [0, 0.05) is 23.9 Å². The molecule has 0 bridgehead atoms. The van der Waals surface area contributed by atoms with E-state index < -0.39 is 5.97 Å². The van der Waals surface area contributed by atoms with E-state index in [1.54, 1.807) is 11.3 Å². The van der Waals surface area contributed by atoms with Crippen LogP contribution in [0.2, 0.25) is 0 Å². The fraction of sp³-hybridized carbons (Fsp3) is 0.600. The minimum absolute atomic E-state index is 0.218. The van der Waals surface area contributed by atoms with Crippen LogP contribution in [-0.4, -0.2) is 22.1 Å². The molecule has 5 heteroatoms. The molecule has 1 atom stereocenters. The number of carboxylic acid groups (broad SMARTS) is 1. The molecule has 0 radical (unpaired) electrons. The summed E-state index contributed by atoms with van der Waals surface area (Å²) in [5.74, 6) is -0.738. The van der Waals surface area contributed by atoms with Crippen LogP contribution in [0, 0.1) is 6.92 Å². The number of hydrogen-bond donors (Lipinski definition) is 2. The molecule has 2 N–H and O–H groups in total. The number of aromatic nitrogens is 1. The first-order valence-corrected chi connectivity index (χ1v) is 5.81. The maximum absolute atomic E-state index is 10.4. The van der Waals surface area contributed by atoms with Crippen molar-refractivity contribution < 1.29 is 9.90 Å². The van der Waals surface area contributed by atoms with E-state index in [4.69, 9.17) is 5.11 Å². The van der Waals surface area contributed by atoms with E-state index >= 15 is 0 Å². The first-order valence-electron chi connectivity index (χ1n) is 4.93. The van der Waals surface area contributed by atoms with Crippen molar-refractivity contribution in [3.05, 3.63) is 16.1 Å². The first kappa shape index (κ1) is 12.1. The summed E-state index contributed by atoms with van der Waals surface area (Å²) in [4.78, 5) is 15.7. The molecule has 84 valence electrons. The van der Waals surface area contributed by atoms with Crippen LogP contribution in [0.1, 0.15) is 30.3 Å².